The van der Waals surface area contributed by atoms with E-state index in [4.69, 9.17) is 13.9 Å². The van der Waals surface area contributed by atoms with Gasteiger partial charge in [0.15, 0.2) is 5.16 Å². The van der Waals surface area contributed by atoms with Crippen molar-refractivity contribution in [1.29, 1.82) is 0 Å². The van der Waals surface area contributed by atoms with Gasteiger partial charge >= 0.3 is 29.6 Å². The van der Waals surface area contributed by atoms with E-state index >= 15 is 0 Å². The van der Waals surface area contributed by atoms with Crippen LogP contribution in [0, 0.1) is 0 Å². The summed E-state index contributed by atoms with van der Waals surface area (Å²) >= 11 is 1.81. The number of nitrogens with one attached hydrogen (secondary N) is 1. The summed E-state index contributed by atoms with van der Waals surface area (Å²) in [5, 5.41) is 8.20. The molecular formula is C8H13N2NaO5S2. The molecule has 98 valence electrons. The van der Waals surface area contributed by atoms with Crippen LogP contribution in [0.5, 0.6) is 0 Å². The van der Waals surface area contributed by atoms with Crippen molar-refractivity contribution < 1.29 is 54.4 Å². The quantitative estimate of drug-likeness (QED) is 0.279. The summed E-state index contributed by atoms with van der Waals surface area (Å²) in [6, 6.07) is 7.84. The van der Waals surface area contributed by atoms with Gasteiger partial charge in [0.2, 0.25) is 0 Å². The Morgan fingerprint density at radius 2 is 1.89 bits per heavy atom. The third-order valence-electron chi connectivity index (χ3n) is 1.48. The largest absolute Gasteiger partial charge is 1.00 e. The van der Waals surface area contributed by atoms with Gasteiger partial charge in [-0.25, -0.2) is 4.98 Å². The van der Waals surface area contributed by atoms with Crippen molar-refractivity contribution in [2.45, 2.75) is 5.16 Å². The van der Waals surface area contributed by atoms with Gasteiger partial charge in [-0.3, -0.25) is 4.21 Å². The van der Waals surface area contributed by atoms with Crippen LogP contribution in [0.3, 0.4) is 0 Å². The number of rotatable bonds is 1. The first-order valence-electron chi connectivity index (χ1n) is 3.94. The molecular weight excluding hydrogens is 291 g/mol. The predicted octanol–water partition coefficient (Wildman–Crippen LogP) is -3.98. The maximum Gasteiger partial charge on any atom is 1.00 e. The minimum absolute atomic E-state index is 0. The van der Waals surface area contributed by atoms with E-state index in [1.807, 2.05) is 24.3 Å². The summed E-state index contributed by atoms with van der Waals surface area (Å²) in [6.45, 7) is 0. The molecule has 0 aliphatic heterocycles. The minimum Gasteiger partial charge on any atom is -0.771 e. The Kier molecular flexibility index (Phi) is 15.5. The van der Waals surface area contributed by atoms with Crippen LogP contribution in [-0.2, 0) is 11.1 Å². The second kappa shape index (κ2) is 12.1. The zero-order valence-corrected chi connectivity index (χ0v) is 13.3. The topological polar surface area (TPSA) is 152 Å². The number of aromatic nitrogens is 2. The molecule has 1 aromatic carbocycles. The predicted molar refractivity (Wildman–Crippen MR) is 66.6 cm³/mol. The SMILES string of the molecule is O.O.O=S([O-])CO.Sc1nc2ccccc2[nH]1.[Na+]. The smallest absolute Gasteiger partial charge is 0.771 e. The van der Waals surface area contributed by atoms with Crippen LogP contribution >= 0.6 is 12.6 Å². The van der Waals surface area contributed by atoms with Crippen molar-refractivity contribution >= 4 is 34.7 Å². The Morgan fingerprint density at radius 1 is 1.39 bits per heavy atom. The van der Waals surface area contributed by atoms with Crippen LogP contribution < -0.4 is 29.6 Å². The van der Waals surface area contributed by atoms with Crippen molar-refractivity contribution in [3.63, 3.8) is 0 Å². The van der Waals surface area contributed by atoms with Gasteiger partial charge in [0.1, 0.15) is 5.94 Å². The molecule has 2 aromatic rings. The molecule has 0 radical (unpaired) electrons. The molecule has 0 saturated carbocycles. The third kappa shape index (κ3) is 8.19. The van der Waals surface area contributed by atoms with E-state index in [9.17, 15) is 0 Å². The van der Waals surface area contributed by atoms with Gasteiger partial charge in [0.05, 0.1) is 11.0 Å². The summed E-state index contributed by atoms with van der Waals surface area (Å²) < 4.78 is 18.2. The molecule has 1 atom stereocenters. The van der Waals surface area contributed by atoms with Gasteiger partial charge in [0, 0.05) is 0 Å². The molecule has 0 bridgehead atoms. The first kappa shape index (κ1) is 23.1. The maximum absolute atomic E-state index is 9.12. The van der Waals surface area contributed by atoms with Gasteiger partial charge in [-0.15, -0.1) is 12.6 Å². The summed E-state index contributed by atoms with van der Waals surface area (Å²) in [6.07, 6.45) is 0. The Labute approximate surface area is 134 Å². The Balaban J connectivity index is -0.000000252. The number of imidazole rings is 1. The molecule has 18 heavy (non-hydrogen) atoms. The van der Waals surface area contributed by atoms with Crippen molar-refractivity contribution in [2.75, 3.05) is 5.94 Å². The number of nitrogens with zero attached hydrogens (tertiary/aromatic N) is 1. The molecule has 0 saturated heterocycles. The van der Waals surface area contributed by atoms with Crippen LogP contribution in [0.1, 0.15) is 0 Å². The fraction of sp³-hybridized carbons (Fsp3) is 0.125. The first-order chi connectivity index (χ1) is 7.13. The molecule has 6 N–H and O–H groups in total. The molecule has 1 heterocycles. The molecule has 0 fully saturated rings. The standard InChI is InChI=1S/C7H6N2S.CH4O3S.Na.2H2O/c10-7-8-5-3-1-2-4-6(5)9-7;2-1-5(3)4;;;/h1-4H,(H2,8,9,10);2H,1H2,(H,3,4);;2*1H2/q;;+1;;/p-1. The minimum atomic E-state index is -2.27. The summed E-state index contributed by atoms with van der Waals surface area (Å²) in [5.74, 6) is -0.778. The Hall–Kier alpha value is 0.0300. The van der Waals surface area contributed by atoms with Gasteiger partial charge in [-0.05, 0) is 23.2 Å². The summed E-state index contributed by atoms with van der Waals surface area (Å²) in [5.41, 5.74) is 2.00. The molecule has 1 unspecified atom stereocenters. The van der Waals surface area contributed by atoms with Gasteiger partial charge in [-0.1, -0.05) is 12.1 Å². The fourth-order valence-corrected chi connectivity index (χ4v) is 1.17. The van der Waals surface area contributed by atoms with Crippen LogP contribution in [0.4, 0.5) is 0 Å². The second-order valence-corrected chi connectivity index (χ2v) is 3.80. The maximum atomic E-state index is 9.12. The monoisotopic (exact) mass is 304 g/mol. The van der Waals surface area contributed by atoms with E-state index in [-0.39, 0.29) is 40.5 Å². The van der Waals surface area contributed by atoms with Crippen molar-refractivity contribution in [3.05, 3.63) is 24.3 Å². The fourth-order valence-electron chi connectivity index (χ4n) is 0.939. The van der Waals surface area contributed by atoms with E-state index in [0.29, 0.717) is 5.16 Å². The number of H-pyrrole nitrogens is 1. The number of aliphatic hydroxyl groups is 1. The number of hydrogen-bond donors (Lipinski definition) is 3. The number of aromatic amines is 1. The van der Waals surface area contributed by atoms with E-state index < -0.39 is 17.0 Å². The number of aliphatic hydroxyl groups excluding tert-OH is 1. The van der Waals surface area contributed by atoms with Gasteiger partial charge in [0.25, 0.3) is 0 Å². The molecule has 0 amide bonds. The molecule has 0 aliphatic rings. The normalized spacial score (nSPS) is 9.94. The molecule has 7 nitrogen and oxygen atoms in total. The van der Waals surface area contributed by atoms with Crippen LogP contribution in [0.2, 0.25) is 0 Å². The van der Waals surface area contributed by atoms with E-state index in [0.717, 1.165) is 11.0 Å². The number of para-hydroxylation sites is 2. The number of hydrogen-bond acceptors (Lipinski definition) is 5. The summed E-state index contributed by atoms with van der Waals surface area (Å²) in [4.78, 5) is 7.13. The average molecular weight is 304 g/mol. The van der Waals surface area contributed by atoms with Crippen LogP contribution in [-0.4, -0.2) is 40.7 Å². The molecule has 10 heteroatoms. The van der Waals surface area contributed by atoms with Crippen LogP contribution in [0.25, 0.3) is 11.0 Å². The van der Waals surface area contributed by atoms with E-state index in [1.54, 1.807) is 0 Å². The van der Waals surface area contributed by atoms with E-state index in [1.165, 1.54) is 0 Å². The average Bonchev–Trinajstić information content (AvgIpc) is 2.58. The third-order valence-corrected chi connectivity index (χ3v) is 1.90. The number of fused-ring (bicyclic) bond motifs is 1. The van der Waals surface area contributed by atoms with Gasteiger partial charge in [-0.2, -0.15) is 0 Å². The van der Waals surface area contributed by atoms with Crippen LogP contribution in [0.15, 0.2) is 29.4 Å². The van der Waals surface area contributed by atoms with Gasteiger partial charge < -0.3 is 25.6 Å². The molecule has 0 aliphatic carbocycles. The molecule has 1 aromatic heterocycles. The van der Waals surface area contributed by atoms with E-state index in [2.05, 4.69) is 22.6 Å². The summed E-state index contributed by atoms with van der Waals surface area (Å²) in [7, 11) is 0. The number of thiol groups is 1. The van der Waals surface area contributed by atoms with Crippen molar-refractivity contribution in [2.24, 2.45) is 0 Å². The number of benzene rings is 1. The second-order valence-electron chi connectivity index (χ2n) is 2.51. The Morgan fingerprint density at radius 3 is 2.33 bits per heavy atom. The first-order valence-corrected chi connectivity index (χ1v) is 5.63. The Bertz CT molecular complexity index is 434. The molecule has 0 spiro atoms. The van der Waals surface area contributed by atoms with Crippen molar-refractivity contribution in [3.8, 4) is 0 Å². The zero-order chi connectivity index (χ0) is 11.3. The molecule has 2 rings (SSSR count). The zero-order valence-electron chi connectivity index (χ0n) is 9.58. The van der Waals surface area contributed by atoms with Crippen molar-refractivity contribution in [1.82, 2.24) is 9.97 Å².